The lowest BCUT2D eigenvalue weighted by atomic mass is 10.0. The molecule has 0 radical (unpaired) electrons. The van der Waals surface area contributed by atoms with Gasteiger partial charge in [-0.05, 0) is 37.7 Å². The maximum absolute atomic E-state index is 6.09. The van der Waals surface area contributed by atoms with E-state index in [0.717, 1.165) is 26.6 Å². The summed E-state index contributed by atoms with van der Waals surface area (Å²) in [5, 5.41) is 7.27. The molecule has 0 fully saturated rings. The number of nitrogens with one attached hydrogen (secondary N) is 1. The van der Waals surface area contributed by atoms with Gasteiger partial charge in [0.25, 0.3) is 0 Å². The molecule has 0 saturated heterocycles. The Kier molecular flexibility index (Phi) is 4.78. The third-order valence-electron chi connectivity index (χ3n) is 2.72. The molecule has 1 aromatic carbocycles. The van der Waals surface area contributed by atoms with Crippen molar-refractivity contribution in [1.29, 1.82) is 0 Å². The van der Waals surface area contributed by atoms with Crippen molar-refractivity contribution in [3.63, 3.8) is 0 Å². The number of rotatable bonds is 4. The normalized spacial score (nSPS) is 12.7. The maximum atomic E-state index is 6.09. The summed E-state index contributed by atoms with van der Waals surface area (Å²) in [6.45, 7) is 2.03. The summed E-state index contributed by atoms with van der Waals surface area (Å²) < 4.78 is 1.000. The van der Waals surface area contributed by atoms with Crippen molar-refractivity contribution in [3.8, 4) is 0 Å². The molecule has 1 aromatic heterocycles. The molecule has 0 spiro atoms. The molecule has 18 heavy (non-hydrogen) atoms. The van der Waals surface area contributed by atoms with Crippen LogP contribution >= 0.6 is 38.9 Å². The van der Waals surface area contributed by atoms with Crippen LogP contribution < -0.4 is 5.32 Å². The van der Waals surface area contributed by atoms with Gasteiger partial charge in [-0.25, -0.2) is 4.98 Å². The van der Waals surface area contributed by atoms with E-state index in [1.54, 1.807) is 11.3 Å². The second kappa shape index (κ2) is 6.15. The third-order valence-corrected chi connectivity index (χ3v) is 4.21. The first kappa shape index (κ1) is 14.0. The van der Waals surface area contributed by atoms with E-state index in [9.17, 15) is 0 Å². The van der Waals surface area contributed by atoms with Crippen LogP contribution in [0.1, 0.15) is 22.3 Å². The molecule has 0 amide bonds. The Morgan fingerprint density at radius 2 is 2.22 bits per heavy atom. The smallest absolute Gasteiger partial charge is 0.0897 e. The molecular weight excluding hydrogens is 332 g/mol. The van der Waals surface area contributed by atoms with Crippen molar-refractivity contribution in [2.24, 2.45) is 0 Å². The molecule has 1 unspecified atom stereocenters. The highest BCUT2D eigenvalue weighted by Crippen LogP contribution is 2.26. The Bertz CT molecular complexity index is 521. The fourth-order valence-corrected chi connectivity index (χ4v) is 3.39. The van der Waals surface area contributed by atoms with Gasteiger partial charge in [0.2, 0.25) is 0 Å². The van der Waals surface area contributed by atoms with E-state index in [0.29, 0.717) is 0 Å². The monoisotopic (exact) mass is 344 g/mol. The summed E-state index contributed by atoms with van der Waals surface area (Å²) in [5.41, 5.74) is 2.29. The first-order chi connectivity index (χ1) is 8.58. The number of aryl methyl sites for hydroxylation is 1. The predicted molar refractivity (Wildman–Crippen MR) is 81.5 cm³/mol. The lowest BCUT2D eigenvalue weighted by Crippen LogP contribution is -2.19. The molecule has 96 valence electrons. The summed E-state index contributed by atoms with van der Waals surface area (Å²) in [4.78, 5) is 4.50. The molecule has 0 aliphatic carbocycles. The van der Waals surface area contributed by atoms with Crippen LogP contribution in [0, 0.1) is 6.92 Å². The first-order valence-electron chi connectivity index (χ1n) is 5.62. The summed E-state index contributed by atoms with van der Waals surface area (Å²) in [7, 11) is 1.96. The second-order valence-electron chi connectivity index (χ2n) is 4.11. The van der Waals surface area contributed by atoms with Crippen LogP contribution in [0.2, 0.25) is 5.02 Å². The summed E-state index contributed by atoms with van der Waals surface area (Å²) in [6.07, 6.45) is 0.869. The van der Waals surface area contributed by atoms with Crippen molar-refractivity contribution < 1.29 is 0 Å². The molecule has 1 N–H and O–H groups in total. The average Bonchev–Trinajstić information content (AvgIpc) is 2.70. The van der Waals surface area contributed by atoms with Crippen molar-refractivity contribution in [1.82, 2.24) is 10.3 Å². The highest BCUT2D eigenvalue weighted by atomic mass is 79.9. The summed E-state index contributed by atoms with van der Waals surface area (Å²) in [5.74, 6) is 0. The van der Waals surface area contributed by atoms with Crippen LogP contribution in [-0.2, 0) is 6.42 Å². The van der Waals surface area contributed by atoms with Gasteiger partial charge >= 0.3 is 0 Å². The van der Waals surface area contributed by atoms with E-state index in [1.807, 2.05) is 26.1 Å². The van der Waals surface area contributed by atoms with Gasteiger partial charge in [0.05, 0.1) is 10.7 Å². The van der Waals surface area contributed by atoms with Gasteiger partial charge in [0, 0.05) is 27.3 Å². The van der Waals surface area contributed by atoms with Crippen LogP contribution in [0.3, 0.4) is 0 Å². The molecule has 0 aliphatic rings. The van der Waals surface area contributed by atoms with Crippen LogP contribution in [-0.4, -0.2) is 12.0 Å². The topological polar surface area (TPSA) is 24.9 Å². The van der Waals surface area contributed by atoms with Crippen LogP contribution in [0.4, 0.5) is 0 Å². The minimum absolute atomic E-state index is 0.224. The van der Waals surface area contributed by atoms with Crippen molar-refractivity contribution in [3.05, 3.63) is 49.3 Å². The number of hydrogen-bond acceptors (Lipinski definition) is 3. The number of benzene rings is 1. The minimum Gasteiger partial charge on any atom is -0.313 e. The number of halogens is 2. The zero-order valence-electron chi connectivity index (χ0n) is 10.2. The fourth-order valence-electron chi connectivity index (χ4n) is 1.87. The van der Waals surface area contributed by atoms with E-state index in [-0.39, 0.29) is 6.04 Å². The fraction of sp³-hybridized carbons (Fsp3) is 0.308. The zero-order valence-corrected chi connectivity index (χ0v) is 13.4. The Morgan fingerprint density at radius 3 is 2.78 bits per heavy atom. The highest BCUT2D eigenvalue weighted by molar-refractivity contribution is 9.10. The van der Waals surface area contributed by atoms with Gasteiger partial charge in [0.15, 0.2) is 0 Å². The van der Waals surface area contributed by atoms with E-state index >= 15 is 0 Å². The van der Waals surface area contributed by atoms with Gasteiger partial charge in [0.1, 0.15) is 0 Å². The largest absolute Gasteiger partial charge is 0.313 e. The summed E-state index contributed by atoms with van der Waals surface area (Å²) in [6, 6.07) is 6.20. The molecule has 1 heterocycles. The molecule has 0 aliphatic heterocycles. The van der Waals surface area contributed by atoms with E-state index in [2.05, 4.69) is 37.7 Å². The first-order valence-corrected chi connectivity index (χ1v) is 7.68. The molecule has 0 saturated carbocycles. The molecule has 5 heteroatoms. The maximum Gasteiger partial charge on any atom is 0.0897 e. The Labute approximate surface area is 125 Å². The van der Waals surface area contributed by atoms with E-state index in [1.165, 1.54) is 5.56 Å². The van der Waals surface area contributed by atoms with Crippen LogP contribution in [0.15, 0.2) is 28.1 Å². The van der Waals surface area contributed by atoms with Crippen molar-refractivity contribution in [2.45, 2.75) is 19.4 Å². The lowest BCUT2D eigenvalue weighted by molar-refractivity contribution is 0.585. The molecule has 0 bridgehead atoms. The average molecular weight is 346 g/mol. The predicted octanol–water partition coefficient (Wildman–Crippen LogP) is 4.37. The number of aromatic nitrogens is 1. The van der Waals surface area contributed by atoms with Crippen molar-refractivity contribution >= 4 is 38.9 Å². The second-order valence-corrected chi connectivity index (χ2v) is 6.52. The molecule has 2 aromatic rings. The lowest BCUT2D eigenvalue weighted by Gasteiger charge is -2.16. The molecular formula is C13H14BrClN2S. The Hall–Kier alpha value is -0.420. The van der Waals surface area contributed by atoms with E-state index in [4.69, 9.17) is 11.6 Å². The minimum atomic E-state index is 0.224. The van der Waals surface area contributed by atoms with Crippen LogP contribution in [0.25, 0.3) is 0 Å². The molecule has 2 nitrogen and oxygen atoms in total. The Balaban J connectivity index is 2.22. The number of thiazole rings is 1. The van der Waals surface area contributed by atoms with Gasteiger partial charge in [-0.3, -0.25) is 0 Å². The third kappa shape index (κ3) is 3.54. The van der Waals surface area contributed by atoms with E-state index < -0.39 is 0 Å². The summed E-state index contributed by atoms with van der Waals surface area (Å²) >= 11 is 11.2. The molecule has 2 rings (SSSR count). The van der Waals surface area contributed by atoms with Gasteiger partial charge in [-0.15, -0.1) is 11.3 Å². The van der Waals surface area contributed by atoms with Gasteiger partial charge in [-0.1, -0.05) is 27.5 Å². The number of hydrogen-bond donors (Lipinski definition) is 1. The Morgan fingerprint density at radius 1 is 1.44 bits per heavy atom. The van der Waals surface area contributed by atoms with Crippen molar-refractivity contribution in [2.75, 3.05) is 7.05 Å². The number of nitrogens with zero attached hydrogens (tertiary/aromatic N) is 1. The zero-order chi connectivity index (χ0) is 13.1. The van der Waals surface area contributed by atoms with Gasteiger partial charge in [-0.2, -0.15) is 0 Å². The number of likely N-dealkylation sites (N-methyl/N-ethyl adjacent to an activating group) is 1. The standard InChI is InChI=1S/C13H14BrClN2S/c1-8-17-12(7-18-8)6-13(16-2)9-3-10(14)5-11(15)4-9/h3-5,7,13,16H,6H2,1-2H3. The SMILES string of the molecule is CNC(Cc1csc(C)n1)c1cc(Cl)cc(Br)c1. The quantitative estimate of drug-likeness (QED) is 0.890. The van der Waals surface area contributed by atoms with Gasteiger partial charge < -0.3 is 5.32 Å². The molecule has 1 atom stereocenters. The van der Waals surface area contributed by atoms with Crippen LogP contribution in [0.5, 0.6) is 0 Å². The highest BCUT2D eigenvalue weighted by Gasteiger charge is 2.13.